The molecule has 1 saturated heterocycles. The Bertz CT molecular complexity index is 1010. The molecular weight excluding hydrogens is 343 g/mol. The maximum Gasteiger partial charge on any atom is 0.238 e. The van der Waals surface area contributed by atoms with Gasteiger partial charge in [0, 0.05) is 37.8 Å². The summed E-state index contributed by atoms with van der Waals surface area (Å²) in [5.74, 6) is -0.597. The van der Waals surface area contributed by atoms with Crippen LogP contribution in [0.1, 0.15) is 0 Å². The fraction of sp³-hybridized carbons (Fsp3) is 0.235. The van der Waals surface area contributed by atoms with Gasteiger partial charge >= 0.3 is 0 Å². The molecule has 0 spiro atoms. The number of benzene rings is 1. The van der Waals surface area contributed by atoms with Crippen LogP contribution in [-0.2, 0) is 9.84 Å². The van der Waals surface area contributed by atoms with E-state index in [4.69, 9.17) is 0 Å². The van der Waals surface area contributed by atoms with Crippen molar-refractivity contribution in [1.29, 1.82) is 0 Å². The molecule has 0 amide bonds. The summed E-state index contributed by atoms with van der Waals surface area (Å²) >= 11 is 0. The lowest BCUT2D eigenvalue weighted by Crippen LogP contribution is -2.44. The van der Waals surface area contributed by atoms with Gasteiger partial charge in [-0.25, -0.2) is 8.42 Å². The van der Waals surface area contributed by atoms with Crippen LogP contribution in [0, 0.1) is 5.95 Å². The largest absolute Gasteiger partial charge is 0.365 e. The number of nitrogens with one attached hydrogen (secondary N) is 2. The van der Waals surface area contributed by atoms with E-state index in [9.17, 15) is 12.8 Å². The van der Waals surface area contributed by atoms with Gasteiger partial charge in [0.05, 0.1) is 15.5 Å². The molecule has 25 heavy (non-hydrogen) atoms. The summed E-state index contributed by atoms with van der Waals surface area (Å²) in [5.41, 5.74) is 0.559. The number of aromatic amines is 1. The summed E-state index contributed by atoms with van der Waals surface area (Å²) in [5, 5.41) is 3.61. The molecule has 3 heterocycles. The number of nitrogens with zero attached hydrogens (tertiary/aromatic N) is 2. The number of aromatic nitrogens is 2. The Balaban J connectivity index is 1.86. The highest BCUT2D eigenvalue weighted by atomic mass is 32.2. The van der Waals surface area contributed by atoms with Crippen molar-refractivity contribution in [3.8, 4) is 0 Å². The van der Waals surface area contributed by atoms with Crippen molar-refractivity contribution < 1.29 is 12.8 Å². The predicted molar refractivity (Wildman–Crippen MR) is 93.0 cm³/mol. The lowest BCUT2D eigenvalue weighted by molar-refractivity contribution is 0.550. The number of fused-ring (bicyclic) bond motifs is 1. The minimum Gasteiger partial charge on any atom is -0.365 e. The molecule has 2 aromatic heterocycles. The Morgan fingerprint density at radius 2 is 1.84 bits per heavy atom. The number of halogens is 1. The molecular formula is C17H17FN4O2S. The normalized spacial score (nSPS) is 15.6. The minimum atomic E-state index is -3.71. The number of pyridine rings is 1. The van der Waals surface area contributed by atoms with Gasteiger partial charge in [0.2, 0.25) is 15.8 Å². The van der Waals surface area contributed by atoms with Crippen LogP contribution in [0.25, 0.3) is 11.0 Å². The summed E-state index contributed by atoms with van der Waals surface area (Å²) in [4.78, 5) is 8.89. The Hall–Kier alpha value is -2.45. The van der Waals surface area contributed by atoms with Gasteiger partial charge in [-0.15, -0.1) is 0 Å². The molecule has 0 radical (unpaired) electrons. The van der Waals surface area contributed by atoms with Crippen LogP contribution in [-0.4, -0.2) is 44.6 Å². The first-order valence-corrected chi connectivity index (χ1v) is 9.49. The smallest absolute Gasteiger partial charge is 0.238 e. The zero-order chi connectivity index (χ0) is 17.4. The summed E-state index contributed by atoms with van der Waals surface area (Å²) in [6, 6.07) is 9.77. The third-order valence-electron chi connectivity index (χ3n) is 4.36. The summed E-state index contributed by atoms with van der Waals surface area (Å²) < 4.78 is 40.2. The van der Waals surface area contributed by atoms with Gasteiger partial charge in [0.15, 0.2) is 0 Å². The molecule has 0 aliphatic carbocycles. The zero-order valence-corrected chi connectivity index (χ0v) is 14.2. The molecule has 0 unspecified atom stereocenters. The third-order valence-corrected chi connectivity index (χ3v) is 6.17. The minimum absolute atomic E-state index is 0.109. The van der Waals surface area contributed by atoms with Gasteiger partial charge in [0.1, 0.15) is 5.65 Å². The van der Waals surface area contributed by atoms with E-state index in [1.54, 1.807) is 36.4 Å². The number of rotatable bonds is 3. The summed E-state index contributed by atoms with van der Waals surface area (Å²) in [6.07, 6.45) is 1.38. The van der Waals surface area contributed by atoms with Gasteiger partial charge in [-0.05, 0) is 18.2 Å². The molecule has 0 saturated carbocycles. The molecule has 1 aliphatic heterocycles. The van der Waals surface area contributed by atoms with Crippen molar-refractivity contribution in [2.45, 2.75) is 9.79 Å². The average Bonchev–Trinajstić information content (AvgIpc) is 3.06. The Labute approximate surface area is 144 Å². The van der Waals surface area contributed by atoms with E-state index in [1.165, 1.54) is 6.20 Å². The Morgan fingerprint density at radius 3 is 2.56 bits per heavy atom. The lowest BCUT2D eigenvalue weighted by Gasteiger charge is -2.29. The highest BCUT2D eigenvalue weighted by Crippen LogP contribution is 2.31. The van der Waals surface area contributed by atoms with Crippen molar-refractivity contribution in [1.82, 2.24) is 15.3 Å². The van der Waals surface area contributed by atoms with E-state index in [0.717, 1.165) is 13.1 Å². The molecule has 6 nitrogen and oxygen atoms in total. The number of sulfone groups is 1. The van der Waals surface area contributed by atoms with Crippen molar-refractivity contribution in [2.24, 2.45) is 0 Å². The third kappa shape index (κ3) is 2.77. The predicted octanol–water partition coefficient (Wildman–Crippen LogP) is 1.94. The molecule has 4 rings (SSSR count). The molecule has 1 aromatic carbocycles. The van der Waals surface area contributed by atoms with E-state index in [2.05, 4.69) is 15.3 Å². The van der Waals surface area contributed by atoms with E-state index in [0.29, 0.717) is 24.2 Å². The average molecular weight is 360 g/mol. The van der Waals surface area contributed by atoms with Crippen LogP contribution in [0.5, 0.6) is 0 Å². The van der Waals surface area contributed by atoms with Crippen LogP contribution >= 0.6 is 0 Å². The van der Waals surface area contributed by atoms with E-state index in [1.807, 2.05) is 4.90 Å². The first-order chi connectivity index (χ1) is 12.1. The van der Waals surface area contributed by atoms with Gasteiger partial charge < -0.3 is 15.2 Å². The second kappa shape index (κ2) is 6.12. The van der Waals surface area contributed by atoms with Crippen molar-refractivity contribution in [3.63, 3.8) is 0 Å². The van der Waals surface area contributed by atoms with Crippen LogP contribution in [0.15, 0.2) is 52.4 Å². The standard InChI is InChI=1S/C17H17FN4O2S/c18-16-14(22-8-6-19-7-9-22)10-13-15(11-20-17(13)21-16)25(23,24)12-4-2-1-3-5-12/h1-5,10-11,19H,6-9H2,(H,20,21). The molecule has 130 valence electrons. The van der Waals surface area contributed by atoms with Crippen LogP contribution in [0.2, 0.25) is 0 Å². The highest BCUT2D eigenvalue weighted by Gasteiger charge is 2.24. The number of piperazine rings is 1. The van der Waals surface area contributed by atoms with Crippen molar-refractivity contribution >= 4 is 26.6 Å². The van der Waals surface area contributed by atoms with Gasteiger partial charge in [-0.2, -0.15) is 9.37 Å². The monoisotopic (exact) mass is 360 g/mol. The van der Waals surface area contributed by atoms with Crippen LogP contribution in [0.3, 0.4) is 0 Å². The lowest BCUT2D eigenvalue weighted by atomic mass is 10.2. The fourth-order valence-corrected chi connectivity index (χ4v) is 4.49. The molecule has 0 bridgehead atoms. The van der Waals surface area contributed by atoms with Crippen LogP contribution in [0.4, 0.5) is 10.1 Å². The van der Waals surface area contributed by atoms with Crippen molar-refractivity contribution in [3.05, 3.63) is 48.5 Å². The molecule has 1 aliphatic rings. The molecule has 8 heteroatoms. The molecule has 0 atom stereocenters. The Morgan fingerprint density at radius 1 is 1.12 bits per heavy atom. The topological polar surface area (TPSA) is 78.1 Å². The quantitative estimate of drug-likeness (QED) is 0.698. The maximum absolute atomic E-state index is 14.4. The zero-order valence-electron chi connectivity index (χ0n) is 13.4. The molecule has 1 fully saturated rings. The SMILES string of the molecule is O=S(=O)(c1ccccc1)c1c[nH]c2nc(F)c(N3CCNCC3)cc12. The molecule has 3 aromatic rings. The highest BCUT2D eigenvalue weighted by molar-refractivity contribution is 7.91. The second-order valence-electron chi connectivity index (χ2n) is 5.90. The van der Waals surface area contributed by atoms with Crippen molar-refractivity contribution in [2.75, 3.05) is 31.1 Å². The Kier molecular flexibility index (Phi) is 3.93. The first kappa shape index (κ1) is 16.0. The maximum atomic E-state index is 14.4. The number of anilines is 1. The van der Waals surface area contributed by atoms with E-state index < -0.39 is 15.8 Å². The van der Waals surface area contributed by atoms with Gasteiger partial charge in [-0.1, -0.05) is 18.2 Å². The van der Waals surface area contributed by atoms with E-state index in [-0.39, 0.29) is 15.4 Å². The second-order valence-corrected chi connectivity index (χ2v) is 7.82. The van der Waals surface area contributed by atoms with Crippen LogP contribution < -0.4 is 10.2 Å². The first-order valence-electron chi connectivity index (χ1n) is 8.01. The molecule has 2 N–H and O–H groups in total. The number of H-pyrrole nitrogens is 1. The number of hydrogen-bond acceptors (Lipinski definition) is 5. The fourth-order valence-electron chi connectivity index (χ4n) is 3.07. The van der Waals surface area contributed by atoms with Gasteiger partial charge in [0.25, 0.3) is 0 Å². The van der Waals surface area contributed by atoms with Gasteiger partial charge in [-0.3, -0.25) is 0 Å². The number of hydrogen-bond donors (Lipinski definition) is 2. The van der Waals surface area contributed by atoms with E-state index >= 15 is 0 Å². The summed E-state index contributed by atoms with van der Waals surface area (Å²) in [7, 11) is -3.71. The summed E-state index contributed by atoms with van der Waals surface area (Å²) in [6.45, 7) is 2.80.